The maximum Gasteiger partial charge on any atom is 0.194 e. The van der Waals surface area contributed by atoms with Gasteiger partial charge in [0.2, 0.25) is 0 Å². The van der Waals surface area contributed by atoms with Crippen molar-refractivity contribution in [3.63, 3.8) is 0 Å². The minimum absolute atomic E-state index is 0. The van der Waals surface area contributed by atoms with Crippen molar-refractivity contribution in [2.45, 2.75) is 0 Å². The van der Waals surface area contributed by atoms with E-state index in [0.29, 0.717) is 0 Å². The molecule has 0 spiro atoms. The number of fused-ring (bicyclic) bond motifs is 2. The summed E-state index contributed by atoms with van der Waals surface area (Å²) in [5.41, 5.74) is 9.45. The summed E-state index contributed by atoms with van der Waals surface area (Å²) in [4.78, 5) is 26.4. The summed E-state index contributed by atoms with van der Waals surface area (Å²) in [6.07, 6.45) is 9.45. The Morgan fingerprint density at radius 3 is 2.26 bits per heavy atom. The third kappa shape index (κ3) is 4.90. The van der Waals surface area contributed by atoms with Crippen molar-refractivity contribution >= 4 is 28.3 Å². The first-order valence-corrected chi connectivity index (χ1v) is 13.4. The molecule has 0 amide bonds. The second-order valence-corrected chi connectivity index (χ2v) is 9.69. The first-order chi connectivity index (χ1) is 20.3. The molecule has 0 N–H and O–H groups in total. The number of benzene rings is 4. The van der Waals surface area contributed by atoms with E-state index in [0.717, 1.165) is 66.8 Å². The number of ketones is 1. The topological polar surface area (TPSA) is 56.4 Å². The number of aromatic nitrogens is 2. The van der Waals surface area contributed by atoms with Gasteiger partial charge in [-0.05, 0) is 45.3 Å². The van der Waals surface area contributed by atoms with Gasteiger partial charge in [0.15, 0.2) is 5.78 Å². The molecule has 2 aromatic heterocycles. The summed E-state index contributed by atoms with van der Waals surface area (Å²) in [7, 11) is 0. The van der Waals surface area contributed by atoms with Crippen LogP contribution in [0, 0.1) is 6.07 Å². The van der Waals surface area contributed by atoms with Gasteiger partial charge in [-0.15, -0.1) is 41.6 Å². The number of carbonyl (C=O) groups is 1. The predicted octanol–water partition coefficient (Wildman–Crippen LogP) is 7.95. The molecule has 2 aliphatic rings. The molecule has 0 saturated heterocycles. The molecule has 42 heavy (non-hydrogen) atoms. The largest absolute Gasteiger partial charge is 0.664 e. The molecular weight excluding hydrogens is 695 g/mol. The normalized spacial score (nSPS) is 13.7. The molecule has 0 fully saturated rings. The van der Waals surface area contributed by atoms with Crippen molar-refractivity contribution in [3.05, 3.63) is 168 Å². The van der Waals surface area contributed by atoms with Gasteiger partial charge in [-0.25, -0.2) is 0 Å². The molecule has 0 bridgehead atoms. The Morgan fingerprint density at radius 1 is 0.738 bits per heavy atom. The zero-order valence-corrected chi connectivity index (χ0v) is 24.8. The van der Waals surface area contributed by atoms with Crippen molar-refractivity contribution in [1.29, 1.82) is 0 Å². The number of rotatable bonds is 3. The molecule has 3 heterocycles. The Hall–Kier alpha value is -4.96. The van der Waals surface area contributed by atoms with Crippen LogP contribution in [0.4, 0.5) is 0 Å². The van der Waals surface area contributed by atoms with E-state index in [9.17, 15) is 4.79 Å². The molecular formula is C37H23IrN3O-2. The fourth-order valence-corrected chi connectivity index (χ4v) is 5.44. The molecule has 0 saturated carbocycles. The average Bonchev–Trinajstić information content (AvgIpc) is 3.77. The predicted molar refractivity (Wildman–Crippen MR) is 165 cm³/mol. The van der Waals surface area contributed by atoms with Crippen LogP contribution >= 0.6 is 0 Å². The minimum atomic E-state index is 0. The third-order valence-electron chi connectivity index (χ3n) is 7.26. The first-order valence-electron chi connectivity index (χ1n) is 13.4. The fourth-order valence-electron chi connectivity index (χ4n) is 5.44. The van der Waals surface area contributed by atoms with Crippen molar-refractivity contribution in [2.75, 3.05) is 0 Å². The SMILES string of the molecule is C1=C/C(=C(\c2ccccc2)c2ccc[n-]2)N=C1.O=C1c2ccccc2-c2cnc(-c3[c-]cccc3)c3cccc1c23.[Ir]. The van der Waals surface area contributed by atoms with E-state index in [2.05, 4.69) is 28.2 Å². The molecule has 4 nitrogen and oxygen atoms in total. The summed E-state index contributed by atoms with van der Waals surface area (Å²) in [6, 6.07) is 38.8. The molecule has 4 aromatic carbocycles. The zero-order chi connectivity index (χ0) is 27.6. The second kappa shape index (κ2) is 11.9. The first kappa shape index (κ1) is 27.2. The Balaban J connectivity index is 0.000000155. The molecule has 6 aromatic rings. The van der Waals surface area contributed by atoms with Gasteiger partial charge in [0.25, 0.3) is 0 Å². The maximum atomic E-state index is 12.9. The fraction of sp³-hybridized carbons (Fsp3) is 0. The van der Waals surface area contributed by atoms with Crippen LogP contribution in [0.1, 0.15) is 27.2 Å². The molecule has 1 aliphatic carbocycles. The number of hydrogen-bond donors (Lipinski definition) is 0. The minimum Gasteiger partial charge on any atom is -0.664 e. The van der Waals surface area contributed by atoms with Crippen molar-refractivity contribution in [3.8, 4) is 22.4 Å². The molecule has 8 rings (SSSR count). The van der Waals surface area contributed by atoms with Crippen LogP contribution in [0.25, 0.3) is 38.7 Å². The molecule has 1 radical (unpaired) electrons. The maximum absolute atomic E-state index is 12.9. The Bertz CT molecular complexity index is 1980. The number of aliphatic imine (C=N–C) groups is 1. The molecule has 0 unspecified atom stereocenters. The number of allylic oxidation sites excluding steroid dienone is 2. The standard InChI is InChI=1S/C22H12NO.C15H11N2.Ir/c24-22-16-10-5-4-9-15(16)19-13-23-21(14-7-2-1-3-8-14)17-11-6-12-18(22)20(17)19;1-2-6-12(7-3-1)15(13-8-4-10-16-13)14-9-5-11-17-14;/h1-7,9-13H;1-11H;/q2*-1;/b;15-13-;. The van der Waals surface area contributed by atoms with Gasteiger partial charge in [-0.1, -0.05) is 84.9 Å². The quantitative estimate of drug-likeness (QED) is 0.175. The smallest absolute Gasteiger partial charge is 0.194 e. The van der Waals surface area contributed by atoms with E-state index in [1.54, 1.807) is 12.4 Å². The van der Waals surface area contributed by atoms with Gasteiger partial charge in [-0.2, -0.15) is 6.20 Å². The van der Waals surface area contributed by atoms with Gasteiger partial charge in [0.05, 0.1) is 5.70 Å². The van der Waals surface area contributed by atoms with Crippen LogP contribution in [0.2, 0.25) is 0 Å². The van der Waals surface area contributed by atoms with Crippen molar-refractivity contribution in [1.82, 2.24) is 9.97 Å². The second-order valence-electron chi connectivity index (χ2n) is 9.69. The third-order valence-corrected chi connectivity index (χ3v) is 7.26. The summed E-state index contributed by atoms with van der Waals surface area (Å²) in [5.74, 6) is 0.0814. The van der Waals surface area contributed by atoms with Crippen LogP contribution in [-0.2, 0) is 20.1 Å². The molecule has 1 aliphatic heterocycles. The van der Waals surface area contributed by atoms with E-state index >= 15 is 0 Å². The Kier molecular flexibility index (Phi) is 7.70. The summed E-state index contributed by atoms with van der Waals surface area (Å²) >= 11 is 0. The van der Waals surface area contributed by atoms with Gasteiger partial charge in [0, 0.05) is 49.2 Å². The van der Waals surface area contributed by atoms with E-state index in [1.165, 1.54) is 0 Å². The van der Waals surface area contributed by atoms with Crippen LogP contribution in [0.5, 0.6) is 0 Å². The molecule has 0 atom stereocenters. The van der Waals surface area contributed by atoms with Crippen molar-refractivity contribution < 1.29 is 24.9 Å². The van der Waals surface area contributed by atoms with E-state index in [-0.39, 0.29) is 25.9 Å². The van der Waals surface area contributed by atoms with Crippen LogP contribution < -0.4 is 4.98 Å². The Labute approximate surface area is 257 Å². The molecule has 5 heteroatoms. The van der Waals surface area contributed by atoms with E-state index < -0.39 is 0 Å². The van der Waals surface area contributed by atoms with Gasteiger partial charge in [-0.3, -0.25) is 9.79 Å². The average molecular weight is 718 g/mol. The van der Waals surface area contributed by atoms with Gasteiger partial charge < -0.3 is 9.97 Å². The van der Waals surface area contributed by atoms with Crippen LogP contribution in [0.15, 0.2) is 144 Å². The molecule has 203 valence electrons. The summed E-state index contributed by atoms with van der Waals surface area (Å²) < 4.78 is 0. The Morgan fingerprint density at radius 2 is 1.52 bits per heavy atom. The van der Waals surface area contributed by atoms with E-state index in [1.807, 2.05) is 115 Å². The monoisotopic (exact) mass is 718 g/mol. The number of carbonyl (C=O) groups excluding carboxylic acids is 1. The van der Waals surface area contributed by atoms with Crippen LogP contribution in [0.3, 0.4) is 0 Å². The van der Waals surface area contributed by atoms with Crippen molar-refractivity contribution in [2.24, 2.45) is 4.99 Å². The number of hydrogen-bond acceptors (Lipinski definition) is 3. The number of pyridine rings is 1. The summed E-state index contributed by atoms with van der Waals surface area (Å²) in [5, 5.41) is 1.98. The van der Waals surface area contributed by atoms with Crippen LogP contribution in [-0.4, -0.2) is 17.0 Å². The number of nitrogens with zero attached hydrogens (tertiary/aromatic N) is 3. The van der Waals surface area contributed by atoms with Gasteiger partial charge >= 0.3 is 0 Å². The van der Waals surface area contributed by atoms with Gasteiger partial charge in [0.1, 0.15) is 0 Å². The summed E-state index contributed by atoms with van der Waals surface area (Å²) in [6.45, 7) is 0. The van der Waals surface area contributed by atoms with E-state index in [4.69, 9.17) is 4.98 Å². The zero-order valence-electron chi connectivity index (χ0n) is 22.4.